The first-order valence-electron chi connectivity index (χ1n) is 9.14. The average molecular weight is 381 g/mol. The van der Waals surface area contributed by atoms with Crippen molar-refractivity contribution in [2.45, 2.75) is 25.9 Å². The Balaban J connectivity index is 1.90. The quantitative estimate of drug-likeness (QED) is 0.762. The van der Waals surface area contributed by atoms with E-state index in [4.69, 9.17) is 14.2 Å². The number of ether oxygens (including phenoxy) is 3. The molecular formula is C21H23N3O4. The maximum Gasteiger partial charge on any atom is 0.319 e. The van der Waals surface area contributed by atoms with Gasteiger partial charge in [-0.05, 0) is 43.2 Å². The Kier molecular flexibility index (Phi) is 4.37. The fourth-order valence-corrected chi connectivity index (χ4v) is 3.99. The minimum Gasteiger partial charge on any atom is -0.493 e. The van der Waals surface area contributed by atoms with Crippen LogP contribution in [-0.2, 0) is 21.6 Å². The highest BCUT2D eigenvalue weighted by Gasteiger charge is 2.52. The number of hydrazone groups is 1. The number of hydrogen-bond donors (Lipinski definition) is 0. The van der Waals surface area contributed by atoms with Gasteiger partial charge in [0.1, 0.15) is 0 Å². The van der Waals surface area contributed by atoms with Crippen LogP contribution in [0.1, 0.15) is 25.0 Å². The lowest BCUT2D eigenvalue weighted by Crippen LogP contribution is -2.55. The van der Waals surface area contributed by atoms with Crippen LogP contribution in [0.4, 0.5) is 5.69 Å². The molecule has 0 radical (unpaired) electrons. The van der Waals surface area contributed by atoms with Crippen LogP contribution in [0.15, 0.2) is 47.6 Å². The SMILES string of the molecule is COc1cc2c(cc1OC)[C@@]1(C)N(CC2)C(OC(C)=O)=NN1c1ccccc1. The Labute approximate surface area is 164 Å². The molecule has 0 amide bonds. The largest absolute Gasteiger partial charge is 0.493 e. The van der Waals surface area contributed by atoms with E-state index in [0.717, 1.165) is 23.2 Å². The molecule has 0 bridgehead atoms. The Morgan fingerprint density at radius 1 is 1.11 bits per heavy atom. The Bertz CT molecular complexity index is 944. The van der Waals surface area contributed by atoms with E-state index in [1.807, 2.05) is 52.4 Å². The van der Waals surface area contributed by atoms with Crippen molar-refractivity contribution < 1.29 is 19.0 Å². The number of anilines is 1. The molecule has 0 unspecified atom stereocenters. The van der Waals surface area contributed by atoms with Crippen molar-refractivity contribution in [3.63, 3.8) is 0 Å². The molecule has 0 N–H and O–H groups in total. The summed E-state index contributed by atoms with van der Waals surface area (Å²) in [5.74, 6) is 0.955. The van der Waals surface area contributed by atoms with Gasteiger partial charge in [-0.25, -0.2) is 5.01 Å². The van der Waals surface area contributed by atoms with Crippen LogP contribution < -0.4 is 14.5 Å². The van der Waals surface area contributed by atoms with Gasteiger partial charge in [0.2, 0.25) is 0 Å². The summed E-state index contributed by atoms with van der Waals surface area (Å²) in [5, 5.41) is 6.57. The summed E-state index contributed by atoms with van der Waals surface area (Å²) < 4.78 is 16.5. The number of benzene rings is 2. The fourth-order valence-electron chi connectivity index (χ4n) is 3.99. The summed E-state index contributed by atoms with van der Waals surface area (Å²) in [4.78, 5) is 13.7. The number of para-hydroxylation sites is 1. The summed E-state index contributed by atoms with van der Waals surface area (Å²) in [6, 6.07) is 14.2. The summed E-state index contributed by atoms with van der Waals surface area (Å²) >= 11 is 0. The molecule has 7 heteroatoms. The van der Waals surface area contributed by atoms with Crippen LogP contribution in [0.2, 0.25) is 0 Å². The number of fused-ring (bicyclic) bond motifs is 3. The molecule has 1 atom stereocenters. The summed E-state index contributed by atoms with van der Waals surface area (Å²) in [7, 11) is 3.26. The van der Waals surface area contributed by atoms with Crippen molar-refractivity contribution in [1.82, 2.24) is 4.90 Å². The third-order valence-corrected chi connectivity index (χ3v) is 5.31. The zero-order chi connectivity index (χ0) is 19.9. The first-order chi connectivity index (χ1) is 13.5. The lowest BCUT2D eigenvalue weighted by atomic mass is 9.87. The summed E-state index contributed by atoms with van der Waals surface area (Å²) in [5.41, 5.74) is 2.42. The first kappa shape index (κ1) is 18.2. The van der Waals surface area contributed by atoms with Gasteiger partial charge in [-0.1, -0.05) is 18.2 Å². The molecule has 7 nitrogen and oxygen atoms in total. The van der Waals surface area contributed by atoms with E-state index in [2.05, 4.69) is 12.0 Å². The van der Waals surface area contributed by atoms with Crippen molar-refractivity contribution in [3.05, 3.63) is 53.6 Å². The molecule has 2 heterocycles. The Hall–Kier alpha value is -3.22. The molecule has 2 aromatic carbocycles. The van der Waals surface area contributed by atoms with Gasteiger partial charge >= 0.3 is 12.0 Å². The summed E-state index contributed by atoms with van der Waals surface area (Å²) in [6.45, 7) is 4.12. The lowest BCUT2D eigenvalue weighted by Gasteiger charge is -2.45. The van der Waals surface area contributed by atoms with E-state index in [1.165, 1.54) is 6.92 Å². The third-order valence-electron chi connectivity index (χ3n) is 5.31. The highest BCUT2D eigenvalue weighted by molar-refractivity contribution is 5.90. The molecule has 0 saturated heterocycles. The predicted molar refractivity (Wildman–Crippen MR) is 105 cm³/mol. The normalized spacial score (nSPS) is 20.2. The maximum absolute atomic E-state index is 11.7. The zero-order valence-corrected chi connectivity index (χ0v) is 16.4. The van der Waals surface area contributed by atoms with Crippen LogP contribution >= 0.6 is 0 Å². The second kappa shape index (κ2) is 6.74. The minimum atomic E-state index is -0.667. The third kappa shape index (κ3) is 2.66. The number of esters is 1. The van der Waals surface area contributed by atoms with Crippen molar-refractivity contribution in [3.8, 4) is 11.5 Å². The molecule has 4 rings (SSSR count). The van der Waals surface area contributed by atoms with Crippen molar-refractivity contribution in [2.24, 2.45) is 5.10 Å². The smallest absolute Gasteiger partial charge is 0.319 e. The average Bonchev–Trinajstić information content (AvgIpc) is 2.99. The van der Waals surface area contributed by atoms with Gasteiger partial charge in [0, 0.05) is 19.0 Å². The minimum absolute atomic E-state index is 0.305. The molecule has 0 aliphatic carbocycles. The van der Waals surface area contributed by atoms with E-state index in [-0.39, 0.29) is 0 Å². The molecule has 2 aliphatic rings. The summed E-state index contributed by atoms with van der Waals surface area (Å²) in [6.07, 6.45) is 0.772. The van der Waals surface area contributed by atoms with Gasteiger partial charge in [-0.3, -0.25) is 9.69 Å². The maximum atomic E-state index is 11.7. The monoisotopic (exact) mass is 381 g/mol. The topological polar surface area (TPSA) is 63.6 Å². The van der Waals surface area contributed by atoms with Gasteiger partial charge < -0.3 is 14.2 Å². The van der Waals surface area contributed by atoms with Crippen LogP contribution in [0.25, 0.3) is 0 Å². The zero-order valence-electron chi connectivity index (χ0n) is 16.4. The Morgan fingerprint density at radius 3 is 2.43 bits per heavy atom. The molecule has 0 saturated carbocycles. The molecule has 0 fully saturated rings. The van der Waals surface area contributed by atoms with Crippen LogP contribution in [0.5, 0.6) is 11.5 Å². The van der Waals surface area contributed by atoms with Crippen molar-refractivity contribution in [2.75, 3.05) is 25.8 Å². The first-order valence-corrected chi connectivity index (χ1v) is 9.14. The molecule has 2 aliphatic heterocycles. The Morgan fingerprint density at radius 2 is 1.79 bits per heavy atom. The molecule has 0 aromatic heterocycles. The number of carbonyl (C=O) groups is 1. The number of amidine groups is 1. The second-order valence-electron chi connectivity index (χ2n) is 6.91. The number of methoxy groups -OCH3 is 2. The number of carbonyl (C=O) groups excluding carboxylic acids is 1. The molecule has 28 heavy (non-hydrogen) atoms. The molecule has 2 aromatic rings. The van der Waals surface area contributed by atoms with E-state index in [9.17, 15) is 4.79 Å². The van der Waals surface area contributed by atoms with Crippen LogP contribution in [0, 0.1) is 0 Å². The standard InChI is InChI=1S/C21H23N3O4/c1-14(25)28-20-22-24(16-8-6-5-7-9-16)21(2)17-13-19(27-4)18(26-3)12-15(17)10-11-23(20)21/h5-9,12-13H,10-11H2,1-4H3/t21-/m0/s1. The molecule has 146 valence electrons. The highest BCUT2D eigenvalue weighted by atomic mass is 16.6. The van der Waals surface area contributed by atoms with Crippen LogP contribution in [0.3, 0.4) is 0 Å². The highest BCUT2D eigenvalue weighted by Crippen LogP contribution is 2.47. The number of rotatable bonds is 3. The van der Waals surface area contributed by atoms with Gasteiger partial charge in [-0.2, -0.15) is 0 Å². The lowest BCUT2D eigenvalue weighted by molar-refractivity contribution is -0.134. The fraction of sp³-hybridized carbons (Fsp3) is 0.333. The van der Waals surface area contributed by atoms with Gasteiger partial charge in [-0.15, -0.1) is 5.10 Å². The second-order valence-corrected chi connectivity index (χ2v) is 6.91. The van der Waals surface area contributed by atoms with Gasteiger partial charge in [0.05, 0.1) is 19.9 Å². The number of nitrogens with zero attached hydrogens (tertiary/aromatic N) is 3. The molecular weight excluding hydrogens is 358 g/mol. The predicted octanol–water partition coefficient (Wildman–Crippen LogP) is 3.09. The van der Waals surface area contributed by atoms with Crippen molar-refractivity contribution >= 4 is 17.7 Å². The molecule has 0 spiro atoms. The van der Waals surface area contributed by atoms with Gasteiger partial charge in [0.25, 0.3) is 0 Å². The van der Waals surface area contributed by atoms with E-state index in [1.54, 1.807) is 14.2 Å². The van der Waals surface area contributed by atoms with E-state index >= 15 is 0 Å². The van der Waals surface area contributed by atoms with Gasteiger partial charge in [0.15, 0.2) is 17.2 Å². The van der Waals surface area contributed by atoms with E-state index < -0.39 is 11.6 Å². The van der Waals surface area contributed by atoms with E-state index in [0.29, 0.717) is 24.1 Å². The number of hydrogen-bond acceptors (Lipinski definition) is 7. The van der Waals surface area contributed by atoms with Crippen molar-refractivity contribution in [1.29, 1.82) is 0 Å². The van der Waals surface area contributed by atoms with Crippen LogP contribution in [-0.4, -0.2) is 37.7 Å².